The molecule has 2 heterocycles. The third-order valence-corrected chi connectivity index (χ3v) is 4.28. The highest BCUT2D eigenvalue weighted by Gasteiger charge is 2.24. The first-order chi connectivity index (χ1) is 14.0. The lowest BCUT2D eigenvalue weighted by molar-refractivity contribution is -0.120. The number of H-pyrrole nitrogens is 1. The summed E-state index contributed by atoms with van der Waals surface area (Å²) in [6.07, 6.45) is 0.177. The van der Waals surface area contributed by atoms with Crippen molar-refractivity contribution in [2.45, 2.75) is 6.42 Å². The molecule has 0 saturated carbocycles. The highest BCUT2D eigenvalue weighted by molar-refractivity contribution is 6.08. The molecule has 1 fully saturated rings. The SMILES string of the molecule is O=C1CCN(c2cccc(C(=O)Nc3ccc(F)c(-c4nn[nH]n4)c3)c2)C(=O)N1. The second-order valence-corrected chi connectivity index (χ2v) is 6.19. The van der Waals surface area contributed by atoms with Crippen molar-refractivity contribution in [2.24, 2.45) is 0 Å². The predicted octanol–water partition coefficient (Wildman–Crippen LogP) is 1.70. The molecule has 3 aromatic rings. The molecule has 11 heteroatoms. The largest absolute Gasteiger partial charge is 0.328 e. The maximum atomic E-state index is 14.0. The fraction of sp³-hybridized carbons (Fsp3) is 0.111. The topological polar surface area (TPSA) is 133 Å². The Balaban J connectivity index is 1.54. The lowest BCUT2D eigenvalue weighted by Crippen LogP contribution is -2.49. The zero-order chi connectivity index (χ0) is 20.4. The number of aromatic amines is 1. The van der Waals surface area contributed by atoms with Crippen LogP contribution in [0.1, 0.15) is 16.8 Å². The van der Waals surface area contributed by atoms with Gasteiger partial charge in [0, 0.05) is 29.9 Å². The van der Waals surface area contributed by atoms with Gasteiger partial charge in [0.05, 0.1) is 5.56 Å². The second-order valence-electron chi connectivity index (χ2n) is 6.19. The molecule has 146 valence electrons. The predicted molar refractivity (Wildman–Crippen MR) is 99.5 cm³/mol. The number of tetrazole rings is 1. The number of nitrogens with zero attached hydrogens (tertiary/aromatic N) is 4. The number of anilines is 2. The van der Waals surface area contributed by atoms with E-state index in [2.05, 4.69) is 31.3 Å². The monoisotopic (exact) mass is 395 g/mol. The van der Waals surface area contributed by atoms with Gasteiger partial charge in [0.15, 0.2) is 0 Å². The van der Waals surface area contributed by atoms with Gasteiger partial charge in [-0.25, -0.2) is 9.18 Å². The summed E-state index contributed by atoms with van der Waals surface area (Å²) in [6.45, 7) is 0.224. The van der Waals surface area contributed by atoms with E-state index in [-0.39, 0.29) is 35.8 Å². The fourth-order valence-corrected chi connectivity index (χ4v) is 2.88. The fourth-order valence-electron chi connectivity index (χ4n) is 2.88. The van der Waals surface area contributed by atoms with E-state index in [1.165, 1.54) is 29.2 Å². The lowest BCUT2D eigenvalue weighted by Gasteiger charge is -2.26. The van der Waals surface area contributed by atoms with Crippen LogP contribution < -0.4 is 15.5 Å². The first-order valence-corrected chi connectivity index (χ1v) is 8.57. The molecule has 3 N–H and O–H groups in total. The smallest absolute Gasteiger partial charge is 0.322 e. The summed E-state index contributed by atoms with van der Waals surface area (Å²) in [5, 5.41) is 18.0. The van der Waals surface area contributed by atoms with E-state index in [0.717, 1.165) is 0 Å². The molecule has 0 bridgehead atoms. The zero-order valence-electron chi connectivity index (χ0n) is 14.8. The molecule has 0 radical (unpaired) electrons. The minimum atomic E-state index is -0.558. The Labute approximate surface area is 163 Å². The minimum absolute atomic E-state index is 0.0613. The summed E-state index contributed by atoms with van der Waals surface area (Å²) >= 11 is 0. The lowest BCUT2D eigenvalue weighted by atomic mass is 10.1. The maximum Gasteiger partial charge on any atom is 0.328 e. The summed E-state index contributed by atoms with van der Waals surface area (Å²) < 4.78 is 14.0. The quantitative estimate of drug-likeness (QED) is 0.616. The molecule has 2 aromatic carbocycles. The van der Waals surface area contributed by atoms with E-state index in [1.54, 1.807) is 18.2 Å². The van der Waals surface area contributed by atoms with Crippen LogP contribution in [0, 0.1) is 5.82 Å². The first kappa shape index (κ1) is 18.2. The molecule has 1 aliphatic rings. The third-order valence-electron chi connectivity index (χ3n) is 4.28. The summed E-state index contributed by atoms with van der Waals surface area (Å²) in [7, 11) is 0. The summed E-state index contributed by atoms with van der Waals surface area (Å²) in [5.74, 6) is -1.29. The van der Waals surface area contributed by atoms with Crippen molar-refractivity contribution in [2.75, 3.05) is 16.8 Å². The number of imide groups is 1. The zero-order valence-corrected chi connectivity index (χ0v) is 14.8. The van der Waals surface area contributed by atoms with Gasteiger partial charge in [-0.05, 0) is 41.6 Å². The van der Waals surface area contributed by atoms with Gasteiger partial charge in [-0.1, -0.05) is 6.07 Å². The Morgan fingerprint density at radius 1 is 1.17 bits per heavy atom. The normalized spacial score (nSPS) is 13.9. The number of amides is 4. The van der Waals surface area contributed by atoms with Crippen molar-refractivity contribution in [1.82, 2.24) is 25.9 Å². The number of benzene rings is 2. The molecular weight excluding hydrogens is 381 g/mol. The third kappa shape index (κ3) is 3.78. The Hall–Kier alpha value is -4.15. The molecule has 1 saturated heterocycles. The molecule has 0 atom stereocenters. The highest BCUT2D eigenvalue weighted by Crippen LogP contribution is 2.24. The molecule has 0 unspecified atom stereocenters. The van der Waals surface area contributed by atoms with E-state index in [4.69, 9.17) is 0 Å². The number of halogens is 1. The van der Waals surface area contributed by atoms with E-state index in [0.29, 0.717) is 11.4 Å². The van der Waals surface area contributed by atoms with Crippen LogP contribution in [0.3, 0.4) is 0 Å². The average molecular weight is 395 g/mol. The van der Waals surface area contributed by atoms with Crippen LogP contribution >= 0.6 is 0 Å². The summed E-state index contributed by atoms with van der Waals surface area (Å²) in [5.41, 5.74) is 1.19. The van der Waals surface area contributed by atoms with Gasteiger partial charge in [-0.2, -0.15) is 5.21 Å². The van der Waals surface area contributed by atoms with Crippen LogP contribution in [-0.2, 0) is 4.79 Å². The molecule has 1 aliphatic heterocycles. The first-order valence-electron chi connectivity index (χ1n) is 8.57. The number of urea groups is 1. The minimum Gasteiger partial charge on any atom is -0.322 e. The van der Waals surface area contributed by atoms with Gasteiger partial charge in [0.1, 0.15) is 5.82 Å². The van der Waals surface area contributed by atoms with Crippen LogP contribution in [0.15, 0.2) is 42.5 Å². The highest BCUT2D eigenvalue weighted by atomic mass is 19.1. The van der Waals surface area contributed by atoms with Gasteiger partial charge in [0.25, 0.3) is 5.91 Å². The molecule has 0 aliphatic carbocycles. The molecule has 29 heavy (non-hydrogen) atoms. The van der Waals surface area contributed by atoms with E-state index in [1.807, 2.05) is 0 Å². The number of aromatic nitrogens is 4. The molecule has 10 nitrogen and oxygen atoms in total. The maximum absolute atomic E-state index is 14.0. The number of carbonyl (C=O) groups is 3. The van der Waals surface area contributed by atoms with Gasteiger partial charge in [-0.15, -0.1) is 10.2 Å². The standard InChI is InChI=1S/C18H14FN7O3/c19-14-5-4-11(9-13(14)16-22-24-25-23-16)20-17(28)10-2-1-3-12(8-10)26-7-6-15(27)21-18(26)29/h1-5,8-9H,6-7H2,(H,20,28)(H,21,27,29)(H,22,23,24,25). The Kier molecular flexibility index (Phi) is 4.69. The van der Waals surface area contributed by atoms with E-state index < -0.39 is 17.8 Å². The van der Waals surface area contributed by atoms with E-state index >= 15 is 0 Å². The second kappa shape index (κ2) is 7.46. The van der Waals surface area contributed by atoms with Crippen molar-refractivity contribution in [3.63, 3.8) is 0 Å². The number of carbonyl (C=O) groups excluding carboxylic acids is 3. The van der Waals surface area contributed by atoms with Gasteiger partial charge in [0.2, 0.25) is 11.7 Å². The van der Waals surface area contributed by atoms with Crippen LogP contribution in [0.25, 0.3) is 11.4 Å². The van der Waals surface area contributed by atoms with Crippen LogP contribution in [-0.4, -0.2) is 45.0 Å². The van der Waals surface area contributed by atoms with Gasteiger partial charge < -0.3 is 5.32 Å². The number of nitrogens with one attached hydrogen (secondary N) is 3. The molecule has 0 spiro atoms. The molecule has 4 rings (SSSR count). The van der Waals surface area contributed by atoms with Crippen molar-refractivity contribution in [1.29, 1.82) is 0 Å². The number of hydrogen-bond acceptors (Lipinski definition) is 6. The molecule has 4 amide bonds. The number of hydrogen-bond donors (Lipinski definition) is 3. The Morgan fingerprint density at radius 2 is 2.03 bits per heavy atom. The van der Waals surface area contributed by atoms with Crippen molar-refractivity contribution < 1.29 is 18.8 Å². The summed E-state index contributed by atoms with van der Waals surface area (Å²) in [4.78, 5) is 37.3. The van der Waals surface area contributed by atoms with Crippen LogP contribution in [0.5, 0.6) is 0 Å². The Bertz CT molecular complexity index is 1100. The van der Waals surface area contributed by atoms with E-state index in [9.17, 15) is 18.8 Å². The molecule has 1 aromatic heterocycles. The Morgan fingerprint density at radius 3 is 2.79 bits per heavy atom. The van der Waals surface area contributed by atoms with Gasteiger partial charge >= 0.3 is 6.03 Å². The van der Waals surface area contributed by atoms with Crippen molar-refractivity contribution in [3.05, 3.63) is 53.8 Å². The van der Waals surface area contributed by atoms with Gasteiger partial charge in [-0.3, -0.25) is 19.8 Å². The van der Waals surface area contributed by atoms with Crippen molar-refractivity contribution >= 4 is 29.2 Å². The molecular formula is C18H14FN7O3. The summed E-state index contributed by atoms with van der Waals surface area (Å²) in [6, 6.07) is 9.86. The van der Waals surface area contributed by atoms with Crippen LogP contribution in [0.4, 0.5) is 20.6 Å². The number of rotatable bonds is 4. The van der Waals surface area contributed by atoms with Crippen LogP contribution in [0.2, 0.25) is 0 Å². The van der Waals surface area contributed by atoms with Crippen molar-refractivity contribution in [3.8, 4) is 11.4 Å². The average Bonchev–Trinajstić information content (AvgIpc) is 3.24.